The Morgan fingerprint density at radius 3 is 2.16 bits per heavy atom. The molecular weight excluding hydrogens is 411 g/mol. The van der Waals surface area contributed by atoms with Crippen molar-refractivity contribution in [2.75, 3.05) is 17.7 Å². The molecule has 3 aromatic carbocycles. The molecule has 0 fully saturated rings. The van der Waals surface area contributed by atoms with Gasteiger partial charge in [0.25, 0.3) is 5.91 Å². The molecular formula is C22H18F3N3O3. The number of hydrogen-bond donors (Lipinski definition) is 3. The fourth-order valence-electron chi connectivity index (χ4n) is 2.65. The Hall–Kier alpha value is -4.01. The van der Waals surface area contributed by atoms with Gasteiger partial charge < -0.3 is 20.7 Å². The summed E-state index contributed by atoms with van der Waals surface area (Å²) < 4.78 is 44.0. The molecule has 160 valence electrons. The van der Waals surface area contributed by atoms with E-state index in [4.69, 9.17) is 4.74 Å². The van der Waals surface area contributed by atoms with Crippen molar-refractivity contribution < 1.29 is 27.5 Å². The predicted octanol–water partition coefficient (Wildman–Crippen LogP) is 5.50. The molecule has 0 spiro atoms. The predicted molar refractivity (Wildman–Crippen MR) is 110 cm³/mol. The summed E-state index contributed by atoms with van der Waals surface area (Å²) in [5, 5.41) is 7.42. The number of rotatable bonds is 5. The number of urea groups is 1. The van der Waals surface area contributed by atoms with Crippen LogP contribution in [0.2, 0.25) is 0 Å². The van der Waals surface area contributed by atoms with Gasteiger partial charge in [0.1, 0.15) is 11.5 Å². The van der Waals surface area contributed by atoms with Crippen LogP contribution < -0.4 is 20.7 Å². The van der Waals surface area contributed by atoms with Gasteiger partial charge in [-0.3, -0.25) is 4.79 Å². The van der Waals surface area contributed by atoms with E-state index in [1.165, 1.54) is 19.2 Å². The zero-order chi connectivity index (χ0) is 22.4. The Bertz CT molecular complexity index is 1080. The summed E-state index contributed by atoms with van der Waals surface area (Å²) in [4.78, 5) is 23.8. The molecule has 3 rings (SSSR count). The number of halogens is 3. The van der Waals surface area contributed by atoms with Crippen molar-refractivity contribution in [2.24, 2.45) is 0 Å². The summed E-state index contributed by atoms with van der Waals surface area (Å²) in [6, 6.07) is 16.6. The lowest BCUT2D eigenvalue weighted by atomic mass is 10.2. The van der Waals surface area contributed by atoms with Crippen molar-refractivity contribution in [3.8, 4) is 11.5 Å². The van der Waals surface area contributed by atoms with Crippen LogP contribution in [0.5, 0.6) is 11.5 Å². The monoisotopic (exact) mass is 429 g/mol. The summed E-state index contributed by atoms with van der Waals surface area (Å²) in [5.74, 6) is 0.693. The average molecular weight is 429 g/mol. The Balaban J connectivity index is 1.61. The Morgan fingerprint density at radius 1 is 0.806 bits per heavy atom. The van der Waals surface area contributed by atoms with Crippen LogP contribution in [0.1, 0.15) is 15.9 Å². The van der Waals surface area contributed by atoms with Crippen LogP contribution >= 0.6 is 0 Å². The molecule has 31 heavy (non-hydrogen) atoms. The molecule has 0 aromatic heterocycles. The molecule has 0 saturated carbocycles. The smallest absolute Gasteiger partial charge is 0.416 e. The Morgan fingerprint density at radius 2 is 1.48 bits per heavy atom. The first-order valence-corrected chi connectivity index (χ1v) is 9.10. The van der Waals surface area contributed by atoms with Crippen molar-refractivity contribution in [1.29, 1.82) is 0 Å². The van der Waals surface area contributed by atoms with Crippen LogP contribution in [-0.2, 0) is 6.18 Å². The topological polar surface area (TPSA) is 79.5 Å². The van der Waals surface area contributed by atoms with E-state index < -0.39 is 17.8 Å². The largest absolute Gasteiger partial charge is 0.457 e. The number of ether oxygens (including phenoxy) is 1. The van der Waals surface area contributed by atoms with Gasteiger partial charge in [-0.25, -0.2) is 4.79 Å². The summed E-state index contributed by atoms with van der Waals surface area (Å²) in [6.07, 6.45) is -4.50. The van der Waals surface area contributed by atoms with Gasteiger partial charge in [0, 0.05) is 24.0 Å². The minimum Gasteiger partial charge on any atom is -0.457 e. The van der Waals surface area contributed by atoms with E-state index in [2.05, 4.69) is 16.0 Å². The summed E-state index contributed by atoms with van der Waals surface area (Å²) >= 11 is 0. The lowest BCUT2D eigenvalue weighted by Gasteiger charge is -2.11. The maximum Gasteiger partial charge on any atom is 0.416 e. The van der Waals surface area contributed by atoms with E-state index in [0.717, 1.165) is 12.1 Å². The normalized spacial score (nSPS) is 10.8. The second-order valence-electron chi connectivity index (χ2n) is 6.39. The first-order chi connectivity index (χ1) is 14.7. The second kappa shape index (κ2) is 9.21. The first kappa shape index (κ1) is 21.7. The number of amides is 3. The number of nitrogens with one attached hydrogen (secondary N) is 3. The third-order valence-electron chi connectivity index (χ3n) is 4.12. The summed E-state index contributed by atoms with van der Waals surface area (Å²) in [7, 11) is 1.53. The standard InChI is InChI=1S/C22H18F3N3O3/c1-26-20(29)14-4-2-7-19(12-14)31-18-10-8-16(9-11-18)27-21(30)28-17-6-3-5-15(13-17)22(23,24)25/h2-13H,1H3,(H,26,29)(H2,27,28,30). The fraction of sp³-hybridized carbons (Fsp3) is 0.0909. The molecule has 0 aliphatic rings. The lowest BCUT2D eigenvalue weighted by molar-refractivity contribution is -0.137. The van der Waals surface area contributed by atoms with E-state index in [1.807, 2.05) is 0 Å². The number of carbonyl (C=O) groups excluding carboxylic acids is 2. The highest BCUT2D eigenvalue weighted by molar-refractivity contribution is 5.99. The molecule has 0 heterocycles. The molecule has 0 atom stereocenters. The molecule has 3 amide bonds. The molecule has 0 unspecified atom stereocenters. The molecule has 0 saturated heterocycles. The van der Waals surface area contributed by atoms with E-state index in [0.29, 0.717) is 22.7 Å². The highest BCUT2D eigenvalue weighted by Crippen LogP contribution is 2.30. The van der Waals surface area contributed by atoms with Gasteiger partial charge in [-0.2, -0.15) is 13.2 Å². The number of anilines is 2. The average Bonchev–Trinajstić information content (AvgIpc) is 2.74. The van der Waals surface area contributed by atoms with Crippen molar-refractivity contribution >= 4 is 23.3 Å². The zero-order valence-corrected chi connectivity index (χ0v) is 16.3. The molecule has 3 aromatic rings. The van der Waals surface area contributed by atoms with E-state index in [-0.39, 0.29) is 11.6 Å². The molecule has 0 aliphatic carbocycles. The van der Waals surface area contributed by atoms with Crippen LogP contribution in [0.25, 0.3) is 0 Å². The number of alkyl halides is 3. The minimum absolute atomic E-state index is 0.0169. The summed E-state index contributed by atoms with van der Waals surface area (Å²) in [6.45, 7) is 0. The van der Waals surface area contributed by atoms with Gasteiger partial charge in [0.2, 0.25) is 0 Å². The molecule has 6 nitrogen and oxygen atoms in total. The molecule has 0 bridgehead atoms. The van der Waals surface area contributed by atoms with Gasteiger partial charge >= 0.3 is 12.2 Å². The minimum atomic E-state index is -4.50. The van der Waals surface area contributed by atoms with Gasteiger partial charge in [-0.05, 0) is 60.7 Å². The van der Waals surface area contributed by atoms with E-state index >= 15 is 0 Å². The zero-order valence-electron chi connectivity index (χ0n) is 16.3. The molecule has 0 aliphatic heterocycles. The Labute approximate surface area is 176 Å². The van der Waals surface area contributed by atoms with Crippen LogP contribution in [0.3, 0.4) is 0 Å². The summed E-state index contributed by atoms with van der Waals surface area (Å²) in [5.41, 5.74) is 0.0241. The second-order valence-corrected chi connectivity index (χ2v) is 6.39. The fourth-order valence-corrected chi connectivity index (χ4v) is 2.65. The van der Waals surface area contributed by atoms with Crippen molar-refractivity contribution in [3.05, 3.63) is 83.9 Å². The molecule has 9 heteroatoms. The first-order valence-electron chi connectivity index (χ1n) is 9.10. The highest BCUT2D eigenvalue weighted by Gasteiger charge is 2.30. The van der Waals surface area contributed by atoms with Crippen LogP contribution in [-0.4, -0.2) is 19.0 Å². The number of carbonyl (C=O) groups is 2. The van der Waals surface area contributed by atoms with Gasteiger partial charge in [-0.1, -0.05) is 12.1 Å². The van der Waals surface area contributed by atoms with Crippen molar-refractivity contribution in [1.82, 2.24) is 5.32 Å². The van der Waals surface area contributed by atoms with E-state index in [9.17, 15) is 22.8 Å². The molecule has 0 radical (unpaired) electrons. The number of hydrogen-bond acceptors (Lipinski definition) is 3. The molecule has 3 N–H and O–H groups in total. The third-order valence-corrected chi connectivity index (χ3v) is 4.12. The number of benzene rings is 3. The third kappa shape index (κ3) is 5.99. The van der Waals surface area contributed by atoms with E-state index in [1.54, 1.807) is 48.5 Å². The maximum absolute atomic E-state index is 12.8. The maximum atomic E-state index is 12.8. The van der Waals surface area contributed by atoms with Gasteiger partial charge in [0.05, 0.1) is 5.56 Å². The van der Waals surface area contributed by atoms with Gasteiger partial charge in [0.15, 0.2) is 0 Å². The Kier molecular flexibility index (Phi) is 6.44. The lowest BCUT2D eigenvalue weighted by Crippen LogP contribution is -2.19. The highest BCUT2D eigenvalue weighted by atomic mass is 19.4. The van der Waals surface area contributed by atoms with Crippen LogP contribution in [0, 0.1) is 0 Å². The quantitative estimate of drug-likeness (QED) is 0.501. The van der Waals surface area contributed by atoms with Crippen molar-refractivity contribution in [3.63, 3.8) is 0 Å². The van der Waals surface area contributed by atoms with Crippen molar-refractivity contribution in [2.45, 2.75) is 6.18 Å². The van der Waals surface area contributed by atoms with Crippen LogP contribution in [0.4, 0.5) is 29.3 Å². The van der Waals surface area contributed by atoms with Crippen LogP contribution in [0.15, 0.2) is 72.8 Å². The SMILES string of the molecule is CNC(=O)c1cccc(Oc2ccc(NC(=O)Nc3cccc(C(F)(F)F)c3)cc2)c1. The van der Waals surface area contributed by atoms with Gasteiger partial charge in [-0.15, -0.1) is 0 Å².